The van der Waals surface area contributed by atoms with Gasteiger partial charge in [0, 0.05) is 13.1 Å². The molecule has 0 unspecified atom stereocenters. The van der Waals surface area contributed by atoms with E-state index >= 15 is 0 Å². The second kappa shape index (κ2) is 5.45. The molecule has 0 amide bonds. The van der Waals surface area contributed by atoms with E-state index < -0.39 is 4.92 Å². The Morgan fingerprint density at radius 3 is 2.64 bits per heavy atom. The molecule has 1 N–H and O–H groups in total. The van der Waals surface area contributed by atoms with E-state index in [-0.39, 0.29) is 16.1 Å². The topological polar surface area (TPSA) is 99.3 Å². The summed E-state index contributed by atoms with van der Waals surface area (Å²) >= 11 is 5.05. The van der Waals surface area contributed by atoms with Crippen LogP contribution in [-0.2, 0) is 7.05 Å². The highest BCUT2D eigenvalue weighted by molar-refractivity contribution is 7.71. The SMILES string of the molecule is Cn1c(-c2ccco2)nc(=S)c([N+](=O)[O-])c1Nc1ccco1. The van der Waals surface area contributed by atoms with Gasteiger partial charge in [0.15, 0.2) is 23.3 Å². The molecule has 0 bridgehead atoms. The highest BCUT2D eigenvalue weighted by atomic mass is 32.1. The highest BCUT2D eigenvalue weighted by Gasteiger charge is 2.24. The molecule has 0 saturated carbocycles. The number of nitrogens with zero attached hydrogens (tertiary/aromatic N) is 3. The van der Waals surface area contributed by atoms with E-state index in [0.29, 0.717) is 17.5 Å². The third kappa shape index (κ3) is 2.37. The van der Waals surface area contributed by atoms with Gasteiger partial charge in [-0.2, -0.15) is 0 Å². The summed E-state index contributed by atoms with van der Waals surface area (Å²) in [4.78, 5) is 14.8. The van der Waals surface area contributed by atoms with E-state index in [4.69, 9.17) is 21.1 Å². The van der Waals surface area contributed by atoms with E-state index in [0.717, 1.165) is 0 Å². The van der Waals surface area contributed by atoms with Crippen molar-refractivity contribution in [3.8, 4) is 11.6 Å². The van der Waals surface area contributed by atoms with Crippen molar-refractivity contribution in [1.82, 2.24) is 9.55 Å². The molecule has 0 aliphatic carbocycles. The summed E-state index contributed by atoms with van der Waals surface area (Å²) in [6.07, 6.45) is 2.94. The molecular formula is C13H10N4O4S. The first kappa shape index (κ1) is 14.0. The number of anilines is 2. The quantitative estimate of drug-likeness (QED) is 0.445. The standard InChI is InChI=1S/C13H10N4O4S/c1-16-11(8-4-2-6-20-8)15-13(22)10(17(18)19)12(16)14-9-5-3-7-21-9/h2-7,14H,1H3. The van der Waals surface area contributed by atoms with Gasteiger partial charge in [-0.15, -0.1) is 0 Å². The summed E-state index contributed by atoms with van der Waals surface area (Å²) in [5.74, 6) is 1.33. The Labute approximate surface area is 129 Å². The fourth-order valence-electron chi connectivity index (χ4n) is 1.99. The van der Waals surface area contributed by atoms with E-state index in [1.807, 2.05) is 0 Å². The summed E-state index contributed by atoms with van der Waals surface area (Å²) in [5.41, 5.74) is -0.302. The Morgan fingerprint density at radius 1 is 1.32 bits per heavy atom. The minimum absolute atomic E-state index is 0.136. The lowest BCUT2D eigenvalue weighted by atomic mass is 10.3. The van der Waals surface area contributed by atoms with Crippen molar-refractivity contribution in [2.75, 3.05) is 5.32 Å². The number of hydrogen-bond donors (Lipinski definition) is 1. The van der Waals surface area contributed by atoms with Crippen LogP contribution in [0.5, 0.6) is 0 Å². The second-order valence-electron chi connectivity index (χ2n) is 4.33. The van der Waals surface area contributed by atoms with Crippen molar-refractivity contribution in [2.45, 2.75) is 0 Å². The van der Waals surface area contributed by atoms with Gasteiger partial charge < -0.3 is 18.7 Å². The molecule has 0 radical (unpaired) electrons. The number of nitro groups is 1. The van der Waals surface area contributed by atoms with Crippen LogP contribution in [0.15, 0.2) is 45.6 Å². The van der Waals surface area contributed by atoms with E-state index in [1.165, 1.54) is 17.1 Å². The van der Waals surface area contributed by atoms with Crippen molar-refractivity contribution in [2.24, 2.45) is 7.05 Å². The van der Waals surface area contributed by atoms with Crippen LogP contribution in [0, 0.1) is 14.8 Å². The normalized spacial score (nSPS) is 10.6. The summed E-state index contributed by atoms with van der Waals surface area (Å²) in [6.45, 7) is 0. The van der Waals surface area contributed by atoms with E-state index in [9.17, 15) is 10.1 Å². The zero-order valence-electron chi connectivity index (χ0n) is 11.3. The first-order valence-electron chi connectivity index (χ1n) is 6.17. The van der Waals surface area contributed by atoms with Crippen molar-refractivity contribution in [1.29, 1.82) is 0 Å². The molecule has 3 heterocycles. The van der Waals surface area contributed by atoms with Gasteiger partial charge in [0.2, 0.25) is 4.64 Å². The molecule has 0 fully saturated rings. The lowest BCUT2D eigenvalue weighted by Crippen LogP contribution is -2.10. The molecule has 9 heteroatoms. The molecule has 0 aromatic carbocycles. The number of furan rings is 2. The van der Waals surface area contributed by atoms with Gasteiger partial charge >= 0.3 is 5.69 Å². The van der Waals surface area contributed by atoms with Crippen molar-refractivity contribution in [3.05, 3.63) is 51.5 Å². The largest absolute Gasteiger partial charge is 0.461 e. The van der Waals surface area contributed by atoms with Gasteiger partial charge in [-0.1, -0.05) is 12.2 Å². The summed E-state index contributed by atoms with van der Waals surface area (Å²) < 4.78 is 11.8. The second-order valence-corrected chi connectivity index (χ2v) is 4.72. The molecule has 3 aromatic rings. The maximum Gasteiger partial charge on any atom is 0.346 e. The van der Waals surface area contributed by atoms with Gasteiger partial charge in [0.25, 0.3) is 0 Å². The monoisotopic (exact) mass is 318 g/mol. The van der Waals surface area contributed by atoms with Crippen LogP contribution in [0.1, 0.15) is 0 Å². The molecule has 3 rings (SSSR count). The molecule has 3 aromatic heterocycles. The summed E-state index contributed by atoms with van der Waals surface area (Å²) in [6, 6.07) is 6.69. The first-order chi connectivity index (χ1) is 10.6. The van der Waals surface area contributed by atoms with Crippen LogP contribution in [0.25, 0.3) is 11.6 Å². The van der Waals surface area contributed by atoms with E-state index in [1.54, 1.807) is 31.3 Å². The maximum absolute atomic E-state index is 11.3. The van der Waals surface area contributed by atoms with Gasteiger partial charge in [-0.05, 0) is 18.2 Å². The molecule has 22 heavy (non-hydrogen) atoms. The maximum atomic E-state index is 11.3. The Morgan fingerprint density at radius 2 is 2.05 bits per heavy atom. The molecular weight excluding hydrogens is 308 g/mol. The molecule has 8 nitrogen and oxygen atoms in total. The van der Waals surface area contributed by atoms with Crippen LogP contribution < -0.4 is 5.32 Å². The summed E-state index contributed by atoms with van der Waals surface area (Å²) in [5, 5.41) is 14.2. The van der Waals surface area contributed by atoms with Crippen LogP contribution in [0.2, 0.25) is 0 Å². The van der Waals surface area contributed by atoms with Gasteiger partial charge in [-0.25, -0.2) is 4.98 Å². The smallest absolute Gasteiger partial charge is 0.346 e. The zero-order valence-corrected chi connectivity index (χ0v) is 12.2. The Kier molecular flexibility index (Phi) is 3.47. The molecule has 0 aliphatic heterocycles. The number of hydrogen-bond acceptors (Lipinski definition) is 7. The number of nitrogens with one attached hydrogen (secondary N) is 1. The Balaban J connectivity index is 2.23. The fraction of sp³-hybridized carbons (Fsp3) is 0.0769. The zero-order chi connectivity index (χ0) is 15.7. The van der Waals surface area contributed by atoms with Crippen LogP contribution in [0.4, 0.5) is 17.4 Å². The average Bonchev–Trinajstić information content (AvgIpc) is 3.15. The minimum atomic E-state index is -0.577. The highest BCUT2D eigenvalue weighted by Crippen LogP contribution is 2.31. The van der Waals surface area contributed by atoms with Gasteiger partial charge in [0.05, 0.1) is 17.4 Å². The fourth-order valence-corrected chi connectivity index (χ4v) is 2.25. The third-order valence-electron chi connectivity index (χ3n) is 2.97. The molecule has 0 spiro atoms. The lowest BCUT2D eigenvalue weighted by molar-refractivity contribution is -0.385. The molecule has 0 saturated heterocycles. The molecule has 0 aliphatic rings. The molecule has 0 atom stereocenters. The number of rotatable bonds is 4. The Bertz CT molecular complexity index is 868. The molecule has 112 valence electrons. The van der Waals surface area contributed by atoms with Crippen molar-refractivity contribution < 1.29 is 13.8 Å². The summed E-state index contributed by atoms with van der Waals surface area (Å²) in [7, 11) is 1.62. The van der Waals surface area contributed by atoms with Crippen LogP contribution in [0.3, 0.4) is 0 Å². The average molecular weight is 318 g/mol. The van der Waals surface area contributed by atoms with Gasteiger partial charge in [0.1, 0.15) is 0 Å². The van der Waals surface area contributed by atoms with Crippen LogP contribution >= 0.6 is 12.2 Å². The van der Waals surface area contributed by atoms with Crippen LogP contribution in [-0.4, -0.2) is 14.5 Å². The van der Waals surface area contributed by atoms with Crippen molar-refractivity contribution in [3.63, 3.8) is 0 Å². The number of aromatic nitrogens is 2. The van der Waals surface area contributed by atoms with E-state index in [2.05, 4.69) is 10.3 Å². The predicted octanol–water partition coefficient (Wildman–Crippen LogP) is 3.65. The predicted molar refractivity (Wildman–Crippen MR) is 80.4 cm³/mol. The lowest BCUT2D eigenvalue weighted by Gasteiger charge is -2.13. The Hall–Kier alpha value is -2.94. The third-order valence-corrected chi connectivity index (χ3v) is 3.26. The van der Waals surface area contributed by atoms with Crippen molar-refractivity contribution >= 4 is 29.6 Å². The minimum Gasteiger partial charge on any atom is -0.461 e. The van der Waals surface area contributed by atoms with Gasteiger partial charge in [-0.3, -0.25) is 10.1 Å². The first-order valence-corrected chi connectivity index (χ1v) is 6.58.